The minimum Gasteiger partial charge on any atom is -0.475 e. The van der Waals surface area contributed by atoms with Crippen molar-refractivity contribution in [2.75, 3.05) is 13.2 Å². The average molecular weight is 441 g/mol. The molecule has 0 bridgehead atoms. The lowest BCUT2D eigenvalue weighted by Gasteiger charge is -2.40. The normalized spacial score (nSPS) is 22.8. The van der Waals surface area contributed by atoms with Crippen LogP contribution >= 0.6 is 0 Å². The van der Waals surface area contributed by atoms with E-state index in [9.17, 15) is 18.0 Å². The lowest BCUT2D eigenvalue weighted by molar-refractivity contribution is -0.192. The number of carboxylic acid groups (broad SMARTS) is 1. The smallest absolute Gasteiger partial charge is 0.475 e. The van der Waals surface area contributed by atoms with Gasteiger partial charge in [0.1, 0.15) is 17.9 Å². The number of halogens is 3. The van der Waals surface area contributed by atoms with Crippen molar-refractivity contribution in [1.82, 2.24) is 14.5 Å². The summed E-state index contributed by atoms with van der Waals surface area (Å²) in [6, 6.07) is 9.45. The van der Waals surface area contributed by atoms with Crippen molar-refractivity contribution in [2.45, 2.75) is 37.3 Å². The van der Waals surface area contributed by atoms with Crippen molar-refractivity contribution in [3.8, 4) is 5.88 Å². The third-order valence-corrected chi connectivity index (χ3v) is 5.10. The van der Waals surface area contributed by atoms with E-state index < -0.39 is 12.1 Å². The zero-order valence-electron chi connectivity index (χ0n) is 16.7. The van der Waals surface area contributed by atoms with Gasteiger partial charge in [-0.25, -0.2) is 9.78 Å². The highest BCUT2D eigenvalue weighted by Crippen LogP contribution is 2.31. The van der Waals surface area contributed by atoms with Gasteiger partial charge in [-0.3, -0.25) is 4.79 Å². The summed E-state index contributed by atoms with van der Waals surface area (Å²) >= 11 is 0. The maximum atomic E-state index is 12.9. The highest BCUT2D eigenvalue weighted by Gasteiger charge is 2.45. The summed E-state index contributed by atoms with van der Waals surface area (Å²) in [5.74, 6) is -2.08. The van der Waals surface area contributed by atoms with E-state index in [-0.39, 0.29) is 24.2 Å². The Labute approximate surface area is 176 Å². The molecule has 2 aromatic rings. The number of nitrogens with zero attached hydrogens (tertiary/aromatic N) is 3. The molecule has 31 heavy (non-hydrogen) atoms. The molecule has 11 heteroatoms. The number of rotatable bonds is 3. The number of ether oxygens (including phenoxy) is 2. The van der Waals surface area contributed by atoms with Crippen LogP contribution in [0.3, 0.4) is 0 Å². The quantitative estimate of drug-likeness (QED) is 0.787. The molecule has 0 aromatic carbocycles. The Hall–Kier alpha value is -3.08. The zero-order valence-corrected chi connectivity index (χ0v) is 16.7. The van der Waals surface area contributed by atoms with Crippen molar-refractivity contribution in [3.63, 3.8) is 0 Å². The fourth-order valence-electron chi connectivity index (χ4n) is 3.67. The Balaban J connectivity index is 0.000000339. The topological polar surface area (TPSA) is 93.9 Å². The van der Waals surface area contributed by atoms with Crippen LogP contribution in [0.2, 0.25) is 0 Å². The molecule has 2 aliphatic rings. The Morgan fingerprint density at radius 2 is 1.97 bits per heavy atom. The third-order valence-electron chi connectivity index (χ3n) is 5.10. The number of carbonyl (C=O) groups is 2. The monoisotopic (exact) mass is 441 g/mol. The zero-order chi connectivity index (χ0) is 22.6. The van der Waals surface area contributed by atoms with Crippen LogP contribution in [0.15, 0.2) is 42.7 Å². The molecule has 0 unspecified atom stereocenters. The van der Waals surface area contributed by atoms with E-state index in [0.717, 1.165) is 12.8 Å². The van der Waals surface area contributed by atoms with Crippen LogP contribution < -0.4 is 4.74 Å². The molecule has 4 heterocycles. The van der Waals surface area contributed by atoms with E-state index in [1.54, 1.807) is 6.20 Å². The highest BCUT2D eigenvalue weighted by molar-refractivity contribution is 5.93. The highest BCUT2D eigenvalue weighted by atomic mass is 19.4. The minimum atomic E-state index is -5.08. The van der Waals surface area contributed by atoms with E-state index in [0.29, 0.717) is 24.7 Å². The molecule has 4 rings (SSSR count). The first-order valence-corrected chi connectivity index (χ1v) is 9.60. The van der Waals surface area contributed by atoms with E-state index in [1.807, 2.05) is 53.0 Å². The summed E-state index contributed by atoms with van der Waals surface area (Å²) < 4.78 is 45.5. The average Bonchev–Trinajstić information content (AvgIpc) is 3.38. The summed E-state index contributed by atoms with van der Waals surface area (Å²) in [6.45, 7) is 1.33. The van der Waals surface area contributed by atoms with Crippen LogP contribution in [0, 0.1) is 0 Å². The van der Waals surface area contributed by atoms with Crippen molar-refractivity contribution in [3.05, 3.63) is 48.4 Å². The minimum absolute atomic E-state index is 0.0647. The number of piperidine rings is 1. The largest absolute Gasteiger partial charge is 0.490 e. The van der Waals surface area contributed by atoms with Crippen molar-refractivity contribution >= 4 is 11.9 Å². The fraction of sp³-hybridized carbons (Fsp3) is 0.450. The lowest BCUT2D eigenvalue weighted by Crippen LogP contribution is -2.56. The molecule has 2 aliphatic heterocycles. The summed E-state index contributed by atoms with van der Waals surface area (Å²) in [7, 11) is 1.90. The third kappa shape index (κ3) is 5.35. The number of pyridine rings is 1. The molecular weight excluding hydrogens is 419 g/mol. The molecule has 1 amide bonds. The Kier molecular flexibility index (Phi) is 6.84. The van der Waals surface area contributed by atoms with Gasteiger partial charge in [0, 0.05) is 45.1 Å². The van der Waals surface area contributed by atoms with Gasteiger partial charge in [0.05, 0.1) is 6.04 Å². The molecule has 8 nitrogen and oxygen atoms in total. The Morgan fingerprint density at radius 3 is 2.55 bits per heavy atom. The second kappa shape index (κ2) is 9.38. The summed E-state index contributed by atoms with van der Waals surface area (Å²) in [4.78, 5) is 28.0. The standard InChI is InChI=1S/C18H21N3O3.C2HF3O2/c1-20-10-4-5-14(20)18(22)21-11-7-15(17-13(21)8-12-23-17)24-16-6-2-3-9-19-16;3-2(4,5)1(6)7/h2-6,9-10,13,15,17H,7-8,11-12H2,1H3;(H,6,7)/t13-,15+,17-;/m0./s1. The lowest BCUT2D eigenvalue weighted by atomic mass is 9.95. The first-order valence-electron chi connectivity index (χ1n) is 9.60. The molecule has 0 saturated carbocycles. The fourth-order valence-corrected chi connectivity index (χ4v) is 3.67. The number of hydrogen-bond donors (Lipinski definition) is 1. The SMILES string of the molecule is Cn1cccc1C(=O)N1CC[C@@H](Oc2ccccn2)[C@H]2OCC[C@@H]21.O=C(O)C(F)(F)F. The molecule has 0 radical (unpaired) electrons. The number of hydrogen-bond acceptors (Lipinski definition) is 5. The Morgan fingerprint density at radius 1 is 1.23 bits per heavy atom. The number of aryl methyl sites for hydroxylation is 1. The van der Waals surface area contributed by atoms with Crippen LogP contribution in [-0.2, 0) is 16.6 Å². The molecule has 168 valence electrons. The van der Waals surface area contributed by atoms with Crippen molar-refractivity contribution in [1.29, 1.82) is 0 Å². The second-order valence-electron chi connectivity index (χ2n) is 7.11. The molecule has 0 spiro atoms. The maximum absolute atomic E-state index is 12.9. The van der Waals surface area contributed by atoms with Gasteiger partial charge >= 0.3 is 12.1 Å². The number of carboxylic acids is 1. The number of fused-ring (bicyclic) bond motifs is 1. The number of carbonyl (C=O) groups excluding carboxylic acids is 1. The van der Waals surface area contributed by atoms with E-state index >= 15 is 0 Å². The second-order valence-corrected chi connectivity index (χ2v) is 7.11. The summed E-state index contributed by atoms with van der Waals surface area (Å²) in [6.07, 6.45) is -0.0326. The van der Waals surface area contributed by atoms with Gasteiger partial charge in [-0.1, -0.05) is 6.07 Å². The van der Waals surface area contributed by atoms with Gasteiger partial charge in [0.15, 0.2) is 0 Å². The molecular formula is C20H22F3N3O5. The van der Waals surface area contributed by atoms with Gasteiger partial charge in [0.2, 0.25) is 5.88 Å². The number of alkyl halides is 3. The van der Waals surface area contributed by atoms with Gasteiger partial charge < -0.3 is 24.0 Å². The number of aliphatic carboxylic acids is 1. The molecule has 2 aromatic heterocycles. The Bertz CT molecular complexity index is 903. The molecule has 1 N–H and O–H groups in total. The summed E-state index contributed by atoms with van der Waals surface area (Å²) in [5.41, 5.74) is 0.713. The number of aromatic nitrogens is 2. The molecule has 3 atom stereocenters. The van der Waals surface area contributed by atoms with E-state index in [2.05, 4.69) is 4.98 Å². The molecule has 0 aliphatic carbocycles. The van der Waals surface area contributed by atoms with Gasteiger partial charge in [-0.05, 0) is 24.6 Å². The van der Waals surface area contributed by atoms with E-state index in [4.69, 9.17) is 19.4 Å². The van der Waals surface area contributed by atoms with Crippen molar-refractivity contribution in [2.24, 2.45) is 7.05 Å². The van der Waals surface area contributed by atoms with Crippen LogP contribution in [0.5, 0.6) is 5.88 Å². The van der Waals surface area contributed by atoms with Crippen LogP contribution in [0.1, 0.15) is 23.3 Å². The first kappa shape index (κ1) is 22.6. The van der Waals surface area contributed by atoms with Crippen molar-refractivity contribution < 1.29 is 37.3 Å². The van der Waals surface area contributed by atoms with E-state index in [1.165, 1.54) is 0 Å². The van der Waals surface area contributed by atoms with Gasteiger partial charge in [-0.2, -0.15) is 13.2 Å². The molecule has 2 saturated heterocycles. The maximum Gasteiger partial charge on any atom is 0.490 e. The van der Waals surface area contributed by atoms with Crippen LogP contribution in [0.25, 0.3) is 0 Å². The van der Waals surface area contributed by atoms with Crippen LogP contribution in [-0.4, -0.2) is 69.0 Å². The molecule has 2 fully saturated rings. The van der Waals surface area contributed by atoms with Crippen LogP contribution in [0.4, 0.5) is 13.2 Å². The number of likely N-dealkylation sites (tertiary alicyclic amines) is 1. The summed E-state index contributed by atoms with van der Waals surface area (Å²) in [5, 5.41) is 7.12. The predicted molar refractivity (Wildman–Crippen MR) is 102 cm³/mol. The van der Waals surface area contributed by atoms with Gasteiger partial charge in [-0.15, -0.1) is 0 Å². The predicted octanol–water partition coefficient (Wildman–Crippen LogP) is 2.50. The van der Waals surface area contributed by atoms with Gasteiger partial charge in [0.25, 0.3) is 5.91 Å². The number of amides is 1. The first-order chi connectivity index (χ1) is 14.7.